The Kier molecular flexibility index (Phi) is 6.19. The predicted molar refractivity (Wildman–Crippen MR) is 73.4 cm³/mol. The lowest BCUT2D eigenvalue weighted by atomic mass is 9.93. The van der Waals surface area contributed by atoms with Crippen molar-refractivity contribution in [3.8, 4) is 11.5 Å². The normalized spacial score (nSPS) is 12.3. The quantitative estimate of drug-likeness (QED) is 0.498. The minimum Gasteiger partial charge on any atom is -0.504 e. The second-order valence-electron chi connectivity index (χ2n) is 4.91. The van der Waals surface area contributed by atoms with Crippen LogP contribution in [-0.2, 0) is 11.2 Å². The summed E-state index contributed by atoms with van der Waals surface area (Å²) in [4.78, 5) is 11.2. The maximum atomic E-state index is 11.2. The van der Waals surface area contributed by atoms with Crippen LogP contribution in [0.25, 0.3) is 0 Å². The van der Waals surface area contributed by atoms with Gasteiger partial charge >= 0.3 is 5.97 Å². The number of aliphatic carboxylic acids is 1. The second kappa shape index (κ2) is 7.67. The number of carboxylic acid groups (broad SMARTS) is 1. The average Bonchev–Trinajstić information content (AvgIpc) is 2.37. The van der Waals surface area contributed by atoms with Crippen molar-refractivity contribution in [2.24, 2.45) is 5.92 Å². The number of hydrogen-bond acceptors (Lipinski definition) is 3. The Bertz CT molecular complexity index is 415. The third-order valence-corrected chi connectivity index (χ3v) is 3.28. The van der Waals surface area contributed by atoms with Crippen LogP contribution in [0.4, 0.5) is 0 Å². The van der Waals surface area contributed by atoms with E-state index in [1.54, 1.807) is 6.07 Å². The molecule has 0 aromatic heterocycles. The van der Waals surface area contributed by atoms with Crippen LogP contribution in [0.2, 0.25) is 0 Å². The maximum Gasteiger partial charge on any atom is 0.306 e. The Morgan fingerprint density at radius 1 is 1.16 bits per heavy atom. The molecule has 1 rings (SSSR count). The molecule has 1 aromatic rings. The van der Waals surface area contributed by atoms with Crippen molar-refractivity contribution in [1.82, 2.24) is 0 Å². The smallest absolute Gasteiger partial charge is 0.306 e. The Labute approximate surface area is 113 Å². The second-order valence-corrected chi connectivity index (χ2v) is 4.91. The highest BCUT2D eigenvalue weighted by atomic mass is 16.4. The highest BCUT2D eigenvalue weighted by Gasteiger charge is 2.18. The first kappa shape index (κ1) is 15.3. The van der Waals surface area contributed by atoms with Crippen LogP contribution in [0.3, 0.4) is 0 Å². The lowest BCUT2D eigenvalue weighted by Gasteiger charge is -2.12. The molecule has 0 radical (unpaired) electrons. The number of carbonyl (C=O) groups is 1. The molecule has 0 fully saturated rings. The van der Waals surface area contributed by atoms with Crippen LogP contribution in [-0.4, -0.2) is 21.3 Å². The van der Waals surface area contributed by atoms with E-state index in [1.807, 2.05) is 0 Å². The lowest BCUT2D eigenvalue weighted by Crippen LogP contribution is -2.16. The van der Waals surface area contributed by atoms with Gasteiger partial charge in [-0.25, -0.2) is 0 Å². The summed E-state index contributed by atoms with van der Waals surface area (Å²) in [7, 11) is 0. The van der Waals surface area contributed by atoms with Gasteiger partial charge in [-0.1, -0.05) is 38.7 Å². The van der Waals surface area contributed by atoms with Gasteiger partial charge in [0.15, 0.2) is 11.5 Å². The predicted octanol–water partition coefficient (Wildman–Crippen LogP) is 3.31. The first-order valence-corrected chi connectivity index (χ1v) is 6.78. The van der Waals surface area contributed by atoms with Gasteiger partial charge in [-0.05, 0) is 30.5 Å². The molecule has 4 nitrogen and oxygen atoms in total. The van der Waals surface area contributed by atoms with Crippen molar-refractivity contribution in [2.75, 3.05) is 0 Å². The third-order valence-electron chi connectivity index (χ3n) is 3.28. The summed E-state index contributed by atoms with van der Waals surface area (Å²) in [5.74, 6) is -1.61. The maximum absolute atomic E-state index is 11.2. The van der Waals surface area contributed by atoms with Gasteiger partial charge in [0.05, 0.1) is 5.92 Å². The number of carboxylic acids is 1. The number of phenols is 2. The molecule has 0 aliphatic rings. The molecule has 106 valence electrons. The molecule has 4 heteroatoms. The zero-order valence-electron chi connectivity index (χ0n) is 11.3. The van der Waals surface area contributed by atoms with Crippen molar-refractivity contribution < 1.29 is 20.1 Å². The molecule has 19 heavy (non-hydrogen) atoms. The topological polar surface area (TPSA) is 77.8 Å². The van der Waals surface area contributed by atoms with E-state index in [0.29, 0.717) is 12.8 Å². The summed E-state index contributed by atoms with van der Waals surface area (Å²) in [6.07, 6.45) is 5.26. The third kappa shape index (κ3) is 5.20. The molecule has 0 saturated carbocycles. The standard InChI is InChI=1S/C15H22O4/c1-2-3-4-5-6-12(15(18)19)9-11-7-8-13(16)14(17)10-11/h7-8,10,12,16-17H,2-6,9H2,1H3,(H,18,19). The number of phenolic OH excluding ortho intramolecular Hbond substituents is 2. The summed E-state index contributed by atoms with van der Waals surface area (Å²) in [5, 5.41) is 27.8. The van der Waals surface area contributed by atoms with E-state index >= 15 is 0 Å². The van der Waals surface area contributed by atoms with Gasteiger partial charge in [0, 0.05) is 0 Å². The largest absolute Gasteiger partial charge is 0.504 e. The highest BCUT2D eigenvalue weighted by Crippen LogP contribution is 2.27. The van der Waals surface area contributed by atoms with Gasteiger partial charge in [0.25, 0.3) is 0 Å². The van der Waals surface area contributed by atoms with E-state index in [2.05, 4.69) is 6.92 Å². The Balaban J connectivity index is 2.57. The average molecular weight is 266 g/mol. The van der Waals surface area contributed by atoms with Gasteiger partial charge in [0.1, 0.15) is 0 Å². The number of hydrogen-bond donors (Lipinski definition) is 3. The number of unbranched alkanes of at least 4 members (excludes halogenated alkanes) is 3. The molecule has 0 aliphatic carbocycles. The highest BCUT2D eigenvalue weighted by molar-refractivity contribution is 5.70. The molecule has 0 amide bonds. The first-order valence-electron chi connectivity index (χ1n) is 6.78. The molecule has 0 bridgehead atoms. The van der Waals surface area contributed by atoms with Gasteiger partial charge in [-0.15, -0.1) is 0 Å². The minimum absolute atomic E-state index is 0.182. The molecule has 0 saturated heterocycles. The molecule has 1 unspecified atom stereocenters. The van der Waals surface area contributed by atoms with Crippen molar-refractivity contribution in [1.29, 1.82) is 0 Å². The number of benzene rings is 1. The van der Waals surface area contributed by atoms with Gasteiger partial charge in [-0.3, -0.25) is 4.79 Å². The van der Waals surface area contributed by atoms with Crippen LogP contribution < -0.4 is 0 Å². The molecular weight excluding hydrogens is 244 g/mol. The minimum atomic E-state index is -0.802. The van der Waals surface area contributed by atoms with Crippen LogP contribution in [0, 0.1) is 5.92 Å². The number of rotatable bonds is 8. The monoisotopic (exact) mass is 266 g/mol. The van der Waals surface area contributed by atoms with E-state index in [1.165, 1.54) is 12.1 Å². The first-order chi connectivity index (χ1) is 9.04. The van der Waals surface area contributed by atoms with Gasteiger partial charge in [-0.2, -0.15) is 0 Å². The fourth-order valence-corrected chi connectivity index (χ4v) is 2.11. The Morgan fingerprint density at radius 3 is 2.47 bits per heavy atom. The fraction of sp³-hybridized carbons (Fsp3) is 0.533. The fourth-order valence-electron chi connectivity index (χ4n) is 2.11. The van der Waals surface area contributed by atoms with Crippen LogP contribution >= 0.6 is 0 Å². The van der Waals surface area contributed by atoms with E-state index in [4.69, 9.17) is 0 Å². The van der Waals surface area contributed by atoms with Crippen molar-refractivity contribution in [3.63, 3.8) is 0 Å². The van der Waals surface area contributed by atoms with Crippen molar-refractivity contribution in [3.05, 3.63) is 23.8 Å². The van der Waals surface area contributed by atoms with Gasteiger partial charge < -0.3 is 15.3 Å². The molecule has 3 N–H and O–H groups in total. The van der Waals surface area contributed by atoms with E-state index in [0.717, 1.165) is 31.2 Å². The zero-order chi connectivity index (χ0) is 14.3. The Hall–Kier alpha value is -1.71. The molecular formula is C15H22O4. The van der Waals surface area contributed by atoms with Crippen LogP contribution in [0.15, 0.2) is 18.2 Å². The molecule has 1 atom stereocenters. The molecule has 0 heterocycles. The summed E-state index contributed by atoms with van der Waals surface area (Å²) >= 11 is 0. The van der Waals surface area contributed by atoms with Crippen LogP contribution in [0.1, 0.15) is 44.6 Å². The van der Waals surface area contributed by atoms with E-state index in [-0.39, 0.29) is 11.5 Å². The van der Waals surface area contributed by atoms with E-state index in [9.17, 15) is 20.1 Å². The number of aromatic hydroxyl groups is 2. The van der Waals surface area contributed by atoms with Crippen LogP contribution in [0.5, 0.6) is 11.5 Å². The van der Waals surface area contributed by atoms with Gasteiger partial charge in [0.2, 0.25) is 0 Å². The Morgan fingerprint density at radius 2 is 1.89 bits per heavy atom. The van der Waals surface area contributed by atoms with Crippen molar-refractivity contribution in [2.45, 2.75) is 45.4 Å². The molecule has 1 aromatic carbocycles. The SMILES string of the molecule is CCCCCCC(Cc1ccc(O)c(O)c1)C(=O)O. The summed E-state index contributed by atoms with van der Waals surface area (Å²) in [6.45, 7) is 2.12. The molecule has 0 aliphatic heterocycles. The summed E-state index contributed by atoms with van der Waals surface area (Å²) < 4.78 is 0. The zero-order valence-corrected chi connectivity index (χ0v) is 11.3. The van der Waals surface area contributed by atoms with Crippen molar-refractivity contribution >= 4 is 5.97 Å². The molecule has 0 spiro atoms. The lowest BCUT2D eigenvalue weighted by molar-refractivity contribution is -0.142. The summed E-state index contributed by atoms with van der Waals surface area (Å²) in [5.41, 5.74) is 0.734. The summed E-state index contributed by atoms with van der Waals surface area (Å²) in [6, 6.07) is 4.47. The van der Waals surface area contributed by atoms with E-state index < -0.39 is 11.9 Å².